The Morgan fingerprint density at radius 1 is 1.56 bits per heavy atom. The van der Waals surface area contributed by atoms with Crippen molar-refractivity contribution in [3.63, 3.8) is 0 Å². The smallest absolute Gasteiger partial charge is 0.417 e. The maximum Gasteiger partial charge on any atom is 0.417 e. The number of carbonyl (C=O) groups excluding carboxylic acids is 1. The van der Waals surface area contributed by atoms with E-state index in [4.69, 9.17) is 0 Å². The normalized spacial score (nSPS) is 12.9. The van der Waals surface area contributed by atoms with Gasteiger partial charge in [0.05, 0.1) is 19.2 Å². The maximum absolute atomic E-state index is 12.2. The number of halogens is 3. The molecule has 0 aromatic carbocycles. The van der Waals surface area contributed by atoms with Crippen LogP contribution in [0.15, 0.2) is 18.3 Å². The predicted molar refractivity (Wildman–Crippen MR) is 55.8 cm³/mol. The summed E-state index contributed by atoms with van der Waals surface area (Å²) < 4.78 is 40.9. The van der Waals surface area contributed by atoms with Crippen LogP contribution in [-0.4, -0.2) is 35.8 Å². The minimum absolute atomic E-state index is 0.117. The molecule has 0 aliphatic rings. The number of nitrogens with zero attached hydrogens (tertiary/aromatic N) is 1. The number of aromatic nitrogens is 1. The van der Waals surface area contributed by atoms with Gasteiger partial charge in [0.2, 0.25) is 0 Å². The van der Waals surface area contributed by atoms with Crippen LogP contribution in [0.1, 0.15) is 5.56 Å². The molecule has 1 aromatic rings. The molecule has 0 amide bonds. The molecule has 1 heterocycles. The van der Waals surface area contributed by atoms with Gasteiger partial charge in [0.15, 0.2) is 6.10 Å². The van der Waals surface area contributed by atoms with Crippen molar-refractivity contribution in [1.29, 1.82) is 0 Å². The number of esters is 1. The molecule has 0 fully saturated rings. The van der Waals surface area contributed by atoms with Gasteiger partial charge in [-0.05, 0) is 12.1 Å². The molecular formula is C10H11F3N2O3. The average Bonchev–Trinajstić information content (AvgIpc) is 2.34. The van der Waals surface area contributed by atoms with Crippen molar-refractivity contribution in [3.05, 3.63) is 23.9 Å². The Morgan fingerprint density at radius 3 is 2.67 bits per heavy atom. The molecule has 0 aliphatic heterocycles. The lowest BCUT2D eigenvalue weighted by Gasteiger charge is -2.11. The molecular weight excluding hydrogens is 253 g/mol. The summed E-state index contributed by atoms with van der Waals surface area (Å²) in [6.07, 6.45) is -5.19. The standard InChI is InChI=1S/C10H11F3N2O3/c1-18-9(17)7(16)5-15-8-3-2-6(4-14-8)10(11,12)13/h2-4,7,16H,5H2,1H3,(H,14,15)/t7-/m1/s1. The molecule has 0 bridgehead atoms. The zero-order valence-electron chi connectivity index (χ0n) is 9.36. The zero-order chi connectivity index (χ0) is 13.8. The first-order valence-electron chi connectivity index (χ1n) is 4.87. The van der Waals surface area contributed by atoms with Gasteiger partial charge in [0, 0.05) is 6.20 Å². The number of hydrogen-bond donors (Lipinski definition) is 2. The van der Waals surface area contributed by atoms with Crippen molar-refractivity contribution in [2.24, 2.45) is 0 Å². The molecule has 0 saturated carbocycles. The number of nitrogens with one attached hydrogen (secondary N) is 1. The summed E-state index contributed by atoms with van der Waals surface area (Å²) in [5, 5.41) is 11.7. The van der Waals surface area contributed by atoms with Gasteiger partial charge in [-0.3, -0.25) is 0 Å². The molecule has 0 radical (unpaired) electrons. The highest BCUT2D eigenvalue weighted by atomic mass is 19.4. The fraction of sp³-hybridized carbons (Fsp3) is 0.400. The molecule has 100 valence electrons. The molecule has 1 atom stereocenters. The monoisotopic (exact) mass is 264 g/mol. The molecule has 0 unspecified atom stereocenters. The number of aliphatic hydroxyl groups excluding tert-OH is 1. The quantitative estimate of drug-likeness (QED) is 0.795. The zero-order valence-corrected chi connectivity index (χ0v) is 9.36. The minimum atomic E-state index is -4.45. The summed E-state index contributed by atoms with van der Waals surface area (Å²) in [5.74, 6) is -0.722. The van der Waals surface area contributed by atoms with E-state index < -0.39 is 23.8 Å². The van der Waals surface area contributed by atoms with E-state index in [0.29, 0.717) is 6.20 Å². The number of ether oxygens (including phenoxy) is 1. The third kappa shape index (κ3) is 3.88. The number of pyridine rings is 1. The van der Waals surface area contributed by atoms with Gasteiger partial charge in [-0.1, -0.05) is 0 Å². The lowest BCUT2D eigenvalue weighted by Crippen LogP contribution is -2.29. The fourth-order valence-corrected chi connectivity index (χ4v) is 1.09. The predicted octanol–water partition coefficient (Wildman–Crippen LogP) is 1.05. The van der Waals surface area contributed by atoms with Crippen LogP contribution in [0.3, 0.4) is 0 Å². The van der Waals surface area contributed by atoms with E-state index in [1.54, 1.807) is 0 Å². The second-order valence-electron chi connectivity index (χ2n) is 3.35. The largest absolute Gasteiger partial charge is 0.467 e. The lowest BCUT2D eigenvalue weighted by molar-refractivity contribution is -0.149. The maximum atomic E-state index is 12.2. The summed E-state index contributed by atoms with van der Waals surface area (Å²) in [6, 6.07) is 1.95. The number of rotatable bonds is 4. The SMILES string of the molecule is COC(=O)[C@H](O)CNc1ccc(C(F)(F)F)cn1. The van der Waals surface area contributed by atoms with Crippen LogP contribution in [0.25, 0.3) is 0 Å². The first kappa shape index (κ1) is 14.2. The van der Waals surface area contributed by atoms with Gasteiger partial charge >= 0.3 is 12.1 Å². The molecule has 8 heteroatoms. The van der Waals surface area contributed by atoms with Crippen molar-refractivity contribution in [2.75, 3.05) is 19.0 Å². The summed E-state index contributed by atoms with van der Waals surface area (Å²) in [6.45, 7) is -0.203. The molecule has 2 N–H and O–H groups in total. The molecule has 0 spiro atoms. The molecule has 0 aliphatic carbocycles. The van der Waals surface area contributed by atoms with Gasteiger partial charge < -0.3 is 15.2 Å². The molecule has 1 aromatic heterocycles. The number of carbonyl (C=O) groups is 1. The molecule has 5 nitrogen and oxygen atoms in total. The Labute approximate surface area is 101 Å². The molecule has 1 rings (SSSR count). The van der Waals surface area contributed by atoms with E-state index in [2.05, 4.69) is 15.0 Å². The van der Waals surface area contributed by atoms with Crippen LogP contribution in [0.4, 0.5) is 19.0 Å². The highest BCUT2D eigenvalue weighted by Crippen LogP contribution is 2.28. The Hall–Kier alpha value is -1.83. The van der Waals surface area contributed by atoms with E-state index in [1.165, 1.54) is 0 Å². The van der Waals surface area contributed by atoms with Crippen LogP contribution < -0.4 is 5.32 Å². The number of anilines is 1. The first-order chi connectivity index (χ1) is 8.34. The Balaban J connectivity index is 2.57. The topological polar surface area (TPSA) is 71.5 Å². The molecule has 18 heavy (non-hydrogen) atoms. The van der Waals surface area contributed by atoms with Crippen molar-refractivity contribution in [3.8, 4) is 0 Å². The van der Waals surface area contributed by atoms with E-state index in [1.807, 2.05) is 0 Å². The lowest BCUT2D eigenvalue weighted by atomic mass is 10.3. The van der Waals surface area contributed by atoms with Gasteiger partial charge in [0.1, 0.15) is 5.82 Å². The summed E-state index contributed by atoms with van der Waals surface area (Å²) in [4.78, 5) is 14.3. The van der Waals surface area contributed by atoms with Crippen LogP contribution in [0, 0.1) is 0 Å². The van der Waals surface area contributed by atoms with Crippen LogP contribution >= 0.6 is 0 Å². The van der Waals surface area contributed by atoms with Crippen LogP contribution in [0.5, 0.6) is 0 Å². The highest BCUT2D eigenvalue weighted by Gasteiger charge is 2.30. The van der Waals surface area contributed by atoms with E-state index in [-0.39, 0.29) is 12.4 Å². The Morgan fingerprint density at radius 2 is 2.22 bits per heavy atom. The van der Waals surface area contributed by atoms with Crippen molar-refractivity contribution < 1.29 is 27.8 Å². The van der Waals surface area contributed by atoms with Crippen LogP contribution in [0.2, 0.25) is 0 Å². The second-order valence-corrected chi connectivity index (χ2v) is 3.35. The van der Waals surface area contributed by atoms with E-state index >= 15 is 0 Å². The van der Waals surface area contributed by atoms with Gasteiger partial charge in [0.25, 0.3) is 0 Å². The van der Waals surface area contributed by atoms with Gasteiger partial charge in [-0.2, -0.15) is 13.2 Å². The third-order valence-corrected chi connectivity index (χ3v) is 2.04. The number of methoxy groups -OCH3 is 1. The van der Waals surface area contributed by atoms with Crippen LogP contribution in [-0.2, 0) is 15.7 Å². The summed E-state index contributed by atoms with van der Waals surface area (Å²) in [7, 11) is 1.11. The van der Waals surface area contributed by atoms with Gasteiger partial charge in [-0.25, -0.2) is 9.78 Å². The second kappa shape index (κ2) is 5.67. The minimum Gasteiger partial charge on any atom is -0.467 e. The number of alkyl halides is 3. The van der Waals surface area contributed by atoms with Gasteiger partial charge in [-0.15, -0.1) is 0 Å². The Bertz CT molecular complexity index is 406. The Kier molecular flexibility index (Phi) is 4.49. The average molecular weight is 264 g/mol. The number of hydrogen-bond acceptors (Lipinski definition) is 5. The van der Waals surface area contributed by atoms with E-state index in [9.17, 15) is 23.1 Å². The summed E-state index contributed by atoms with van der Waals surface area (Å²) in [5.41, 5.74) is -0.874. The van der Waals surface area contributed by atoms with Crippen molar-refractivity contribution in [2.45, 2.75) is 12.3 Å². The first-order valence-corrected chi connectivity index (χ1v) is 4.87. The third-order valence-electron chi connectivity index (χ3n) is 2.04. The fourth-order valence-electron chi connectivity index (χ4n) is 1.09. The van der Waals surface area contributed by atoms with E-state index in [0.717, 1.165) is 19.2 Å². The van der Waals surface area contributed by atoms with Crippen molar-refractivity contribution >= 4 is 11.8 Å². The molecule has 0 saturated heterocycles. The number of aliphatic hydroxyl groups is 1. The summed E-state index contributed by atoms with van der Waals surface area (Å²) >= 11 is 0. The van der Waals surface area contributed by atoms with Crippen molar-refractivity contribution in [1.82, 2.24) is 4.98 Å². The highest BCUT2D eigenvalue weighted by molar-refractivity contribution is 5.74.